The zero-order chi connectivity index (χ0) is 13.3. The third-order valence-corrected chi connectivity index (χ3v) is 2.73. The molecule has 0 N–H and O–H groups in total. The van der Waals surface area contributed by atoms with Crippen molar-refractivity contribution < 1.29 is 0 Å². The predicted octanol–water partition coefficient (Wildman–Crippen LogP) is 0.217. The molecule has 0 spiro atoms. The van der Waals surface area contributed by atoms with Crippen molar-refractivity contribution in [3.63, 3.8) is 0 Å². The van der Waals surface area contributed by atoms with Gasteiger partial charge < -0.3 is 9.80 Å². The van der Waals surface area contributed by atoms with Crippen molar-refractivity contribution in [3.05, 3.63) is 0 Å². The van der Waals surface area contributed by atoms with Gasteiger partial charge in [-0.15, -0.1) is 0 Å². The van der Waals surface area contributed by atoms with Crippen molar-refractivity contribution in [1.29, 1.82) is 10.5 Å². The molecule has 0 aromatic heterocycles. The van der Waals surface area contributed by atoms with Gasteiger partial charge in [-0.1, -0.05) is 0 Å². The zero-order valence-electron chi connectivity index (χ0n) is 11.3. The topological polar surface area (TPSA) is 57.3 Å². The molecule has 0 aliphatic carbocycles. The van der Waals surface area contributed by atoms with E-state index in [9.17, 15) is 0 Å². The summed E-state index contributed by atoms with van der Waals surface area (Å²) < 4.78 is 0. The van der Waals surface area contributed by atoms with Gasteiger partial charge in [0.05, 0.1) is 18.6 Å². The van der Waals surface area contributed by atoms with Crippen LogP contribution in [0.15, 0.2) is 0 Å². The summed E-state index contributed by atoms with van der Waals surface area (Å²) in [4.78, 5) is 6.32. The highest BCUT2D eigenvalue weighted by molar-refractivity contribution is 4.96. The maximum absolute atomic E-state index is 8.91. The van der Waals surface area contributed by atoms with Crippen LogP contribution in [0.5, 0.6) is 0 Å². The van der Waals surface area contributed by atoms with E-state index in [1.54, 1.807) is 0 Å². The average molecular weight is 237 g/mol. The molecule has 5 heteroatoms. The van der Waals surface area contributed by atoms with Gasteiger partial charge in [-0.3, -0.25) is 4.90 Å². The quantitative estimate of drug-likeness (QED) is 0.604. The standard InChI is InChI=1S/C12H23N5/c1-15(2)7-8-16(3)9-10-17(4)12(11-14)5-6-13/h12H,5,7-10H2,1-4H3. The van der Waals surface area contributed by atoms with E-state index in [1.165, 1.54) is 0 Å². The van der Waals surface area contributed by atoms with Crippen LogP contribution < -0.4 is 0 Å². The molecule has 0 radical (unpaired) electrons. The van der Waals surface area contributed by atoms with Gasteiger partial charge in [-0.05, 0) is 28.2 Å². The highest BCUT2D eigenvalue weighted by Crippen LogP contribution is 1.99. The predicted molar refractivity (Wildman–Crippen MR) is 68.3 cm³/mol. The van der Waals surface area contributed by atoms with Crippen molar-refractivity contribution in [2.75, 3.05) is 54.4 Å². The molecule has 0 saturated heterocycles. The Bertz CT molecular complexity index is 276. The number of nitriles is 2. The second-order valence-electron chi connectivity index (χ2n) is 4.59. The van der Waals surface area contributed by atoms with Crippen molar-refractivity contribution in [2.24, 2.45) is 0 Å². The number of hydrogen-bond acceptors (Lipinski definition) is 5. The van der Waals surface area contributed by atoms with Gasteiger partial charge in [-0.25, -0.2) is 0 Å². The van der Waals surface area contributed by atoms with Crippen molar-refractivity contribution in [1.82, 2.24) is 14.7 Å². The fourth-order valence-electron chi connectivity index (χ4n) is 1.35. The van der Waals surface area contributed by atoms with E-state index < -0.39 is 0 Å². The summed E-state index contributed by atoms with van der Waals surface area (Å²) in [6.07, 6.45) is 0.272. The Labute approximate surface area is 105 Å². The first-order valence-corrected chi connectivity index (χ1v) is 5.81. The molecule has 0 amide bonds. The van der Waals surface area contributed by atoms with Gasteiger partial charge >= 0.3 is 0 Å². The summed E-state index contributed by atoms with van der Waals surface area (Å²) in [6.45, 7) is 3.76. The lowest BCUT2D eigenvalue weighted by atomic mass is 10.2. The number of hydrogen-bond donors (Lipinski definition) is 0. The molecule has 0 aliphatic rings. The van der Waals surface area contributed by atoms with Crippen LogP contribution in [-0.4, -0.2) is 75.1 Å². The van der Waals surface area contributed by atoms with E-state index in [0.717, 1.165) is 26.2 Å². The van der Waals surface area contributed by atoms with E-state index in [2.05, 4.69) is 37.0 Å². The van der Waals surface area contributed by atoms with Crippen LogP contribution in [0.4, 0.5) is 0 Å². The molecular formula is C12H23N5. The van der Waals surface area contributed by atoms with Crippen molar-refractivity contribution in [3.8, 4) is 12.1 Å². The fourth-order valence-corrected chi connectivity index (χ4v) is 1.35. The lowest BCUT2D eigenvalue weighted by Crippen LogP contribution is -2.38. The van der Waals surface area contributed by atoms with Gasteiger partial charge in [0.15, 0.2) is 0 Å². The Morgan fingerprint density at radius 2 is 1.53 bits per heavy atom. The van der Waals surface area contributed by atoms with Crippen LogP contribution >= 0.6 is 0 Å². The van der Waals surface area contributed by atoms with Crippen LogP contribution in [0.3, 0.4) is 0 Å². The monoisotopic (exact) mass is 237 g/mol. The van der Waals surface area contributed by atoms with Crippen molar-refractivity contribution in [2.45, 2.75) is 12.5 Å². The lowest BCUT2D eigenvalue weighted by Gasteiger charge is -2.25. The minimum absolute atomic E-state index is 0.272. The molecule has 0 aromatic carbocycles. The second-order valence-corrected chi connectivity index (χ2v) is 4.59. The third-order valence-electron chi connectivity index (χ3n) is 2.73. The molecular weight excluding hydrogens is 214 g/mol. The number of likely N-dealkylation sites (N-methyl/N-ethyl adjacent to an activating group) is 3. The summed E-state index contributed by atoms with van der Waals surface area (Å²) in [7, 11) is 8.07. The highest BCUT2D eigenvalue weighted by atomic mass is 15.2. The zero-order valence-corrected chi connectivity index (χ0v) is 11.3. The van der Waals surface area contributed by atoms with Crippen LogP contribution in [0.1, 0.15) is 6.42 Å². The molecule has 0 heterocycles. The Morgan fingerprint density at radius 3 is 2.00 bits per heavy atom. The Hall–Kier alpha value is -1.14. The normalized spacial score (nSPS) is 12.8. The summed E-state index contributed by atoms with van der Waals surface area (Å²) in [5.41, 5.74) is 0. The van der Waals surface area contributed by atoms with Crippen LogP contribution in [0, 0.1) is 22.7 Å². The SMILES string of the molecule is CN(C)CCN(C)CCN(C)C(C#N)CC#N. The molecule has 17 heavy (non-hydrogen) atoms. The fraction of sp³-hybridized carbons (Fsp3) is 0.833. The summed E-state index contributed by atoms with van der Waals surface area (Å²) in [6, 6.07) is 3.91. The van der Waals surface area contributed by atoms with E-state index in [1.807, 2.05) is 18.0 Å². The minimum atomic E-state index is -0.290. The smallest absolute Gasteiger partial charge is 0.111 e. The Balaban J connectivity index is 3.86. The van der Waals surface area contributed by atoms with Gasteiger partial charge in [0, 0.05) is 26.2 Å². The molecule has 96 valence electrons. The molecule has 0 saturated carbocycles. The molecule has 0 rings (SSSR count). The molecule has 0 aromatic rings. The van der Waals surface area contributed by atoms with Crippen LogP contribution in [-0.2, 0) is 0 Å². The average Bonchev–Trinajstić information content (AvgIpc) is 2.30. The van der Waals surface area contributed by atoms with Crippen molar-refractivity contribution >= 4 is 0 Å². The molecule has 0 fully saturated rings. The maximum Gasteiger partial charge on any atom is 0.111 e. The van der Waals surface area contributed by atoms with Crippen LogP contribution in [0.25, 0.3) is 0 Å². The Kier molecular flexibility index (Phi) is 8.35. The molecule has 0 aliphatic heterocycles. The van der Waals surface area contributed by atoms with Gasteiger partial charge in [-0.2, -0.15) is 10.5 Å². The number of rotatable bonds is 8. The number of nitrogens with zero attached hydrogens (tertiary/aromatic N) is 5. The summed E-state index contributed by atoms with van der Waals surface area (Å²) in [5, 5.41) is 17.5. The van der Waals surface area contributed by atoms with E-state index in [0.29, 0.717) is 0 Å². The highest BCUT2D eigenvalue weighted by Gasteiger charge is 2.13. The molecule has 0 bridgehead atoms. The second kappa shape index (κ2) is 8.95. The maximum atomic E-state index is 8.91. The van der Waals surface area contributed by atoms with E-state index >= 15 is 0 Å². The van der Waals surface area contributed by atoms with Crippen LogP contribution in [0.2, 0.25) is 0 Å². The molecule has 5 nitrogen and oxygen atoms in total. The van der Waals surface area contributed by atoms with E-state index in [-0.39, 0.29) is 12.5 Å². The van der Waals surface area contributed by atoms with E-state index in [4.69, 9.17) is 10.5 Å². The Morgan fingerprint density at radius 1 is 0.941 bits per heavy atom. The van der Waals surface area contributed by atoms with Gasteiger partial charge in [0.2, 0.25) is 0 Å². The first-order chi connectivity index (χ1) is 8.01. The molecule has 1 atom stereocenters. The summed E-state index contributed by atoms with van der Waals surface area (Å²) in [5.74, 6) is 0. The first kappa shape index (κ1) is 15.9. The van der Waals surface area contributed by atoms with Gasteiger partial charge in [0.1, 0.15) is 6.04 Å². The van der Waals surface area contributed by atoms with Gasteiger partial charge in [0.25, 0.3) is 0 Å². The third kappa shape index (κ3) is 7.70. The first-order valence-electron chi connectivity index (χ1n) is 5.81. The summed E-state index contributed by atoms with van der Waals surface area (Å²) >= 11 is 0. The largest absolute Gasteiger partial charge is 0.308 e. The lowest BCUT2D eigenvalue weighted by molar-refractivity contribution is 0.221. The minimum Gasteiger partial charge on any atom is -0.308 e. The molecule has 1 unspecified atom stereocenters.